The van der Waals surface area contributed by atoms with E-state index in [1.165, 1.54) is 16.3 Å². The molecule has 0 bridgehead atoms. The number of halogens is 3. The molecule has 0 aliphatic heterocycles. The molecule has 0 N–H and O–H groups in total. The summed E-state index contributed by atoms with van der Waals surface area (Å²) in [6, 6.07) is 20.7. The number of benzene rings is 3. The zero-order valence-electron chi connectivity index (χ0n) is 11.2. The van der Waals surface area contributed by atoms with Crippen molar-refractivity contribution in [1.82, 2.24) is 0 Å². The molecule has 0 nitrogen and oxygen atoms in total. The fourth-order valence-electron chi connectivity index (χ4n) is 2.53. The van der Waals surface area contributed by atoms with Crippen LogP contribution < -0.4 is 0 Å². The SMILES string of the molecule is Clc1ccccc1CC(Br)c1ccc(Br)c2ccccc12. The quantitative estimate of drug-likeness (QED) is 0.400. The van der Waals surface area contributed by atoms with Crippen molar-refractivity contribution in [2.45, 2.75) is 11.2 Å². The predicted molar refractivity (Wildman–Crippen MR) is 98.5 cm³/mol. The lowest BCUT2D eigenvalue weighted by molar-refractivity contribution is 0.958. The Hall–Kier alpha value is -0.830. The number of hydrogen-bond acceptors (Lipinski definition) is 0. The van der Waals surface area contributed by atoms with E-state index < -0.39 is 0 Å². The van der Waals surface area contributed by atoms with Crippen molar-refractivity contribution in [2.24, 2.45) is 0 Å². The van der Waals surface area contributed by atoms with Gasteiger partial charge in [0.1, 0.15) is 0 Å². The third kappa shape index (κ3) is 3.18. The molecule has 1 unspecified atom stereocenters. The van der Waals surface area contributed by atoms with Crippen LogP contribution in [-0.4, -0.2) is 0 Å². The number of alkyl halides is 1. The van der Waals surface area contributed by atoms with Gasteiger partial charge in [0.15, 0.2) is 0 Å². The first-order valence-electron chi connectivity index (χ1n) is 6.71. The van der Waals surface area contributed by atoms with Crippen molar-refractivity contribution in [1.29, 1.82) is 0 Å². The van der Waals surface area contributed by atoms with Gasteiger partial charge in [-0.2, -0.15) is 0 Å². The molecule has 106 valence electrons. The normalized spacial score (nSPS) is 12.5. The Morgan fingerprint density at radius 1 is 0.857 bits per heavy atom. The van der Waals surface area contributed by atoms with E-state index in [1.807, 2.05) is 18.2 Å². The first-order valence-corrected chi connectivity index (χ1v) is 8.80. The minimum atomic E-state index is 0.232. The van der Waals surface area contributed by atoms with Gasteiger partial charge >= 0.3 is 0 Å². The average molecular weight is 425 g/mol. The van der Waals surface area contributed by atoms with E-state index in [0.717, 1.165) is 21.5 Å². The third-order valence-electron chi connectivity index (χ3n) is 3.60. The van der Waals surface area contributed by atoms with Gasteiger partial charge in [0.05, 0.1) is 0 Å². The summed E-state index contributed by atoms with van der Waals surface area (Å²) in [5.74, 6) is 0. The van der Waals surface area contributed by atoms with Gasteiger partial charge in [-0.05, 0) is 40.5 Å². The van der Waals surface area contributed by atoms with E-state index in [1.54, 1.807) is 0 Å². The molecular formula is C18H13Br2Cl. The second-order valence-electron chi connectivity index (χ2n) is 4.95. The summed E-state index contributed by atoms with van der Waals surface area (Å²) in [4.78, 5) is 0.232. The topological polar surface area (TPSA) is 0 Å². The molecule has 0 radical (unpaired) electrons. The van der Waals surface area contributed by atoms with Crippen LogP contribution in [0.15, 0.2) is 65.1 Å². The monoisotopic (exact) mass is 422 g/mol. The molecule has 0 aromatic heterocycles. The van der Waals surface area contributed by atoms with E-state index in [4.69, 9.17) is 11.6 Å². The molecule has 3 rings (SSSR count). The van der Waals surface area contributed by atoms with Crippen molar-refractivity contribution >= 4 is 54.2 Å². The van der Waals surface area contributed by atoms with Crippen molar-refractivity contribution < 1.29 is 0 Å². The van der Waals surface area contributed by atoms with Crippen LogP contribution in [0.2, 0.25) is 5.02 Å². The highest BCUT2D eigenvalue weighted by Gasteiger charge is 2.14. The van der Waals surface area contributed by atoms with Crippen molar-refractivity contribution in [3.63, 3.8) is 0 Å². The van der Waals surface area contributed by atoms with E-state index in [2.05, 4.69) is 74.3 Å². The smallest absolute Gasteiger partial charge is 0.0442 e. The molecule has 0 saturated heterocycles. The molecule has 3 aromatic rings. The van der Waals surface area contributed by atoms with Crippen LogP contribution in [0.1, 0.15) is 16.0 Å². The lowest BCUT2D eigenvalue weighted by Crippen LogP contribution is -1.97. The van der Waals surface area contributed by atoms with Crippen molar-refractivity contribution in [2.75, 3.05) is 0 Å². The van der Waals surface area contributed by atoms with Crippen molar-refractivity contribution in [3.8, 4) is 0 Å². The van der Waals surface area contributed by atoms with Crippen LogP contribution in [-0.2, 0) is 6.42 Å². The van der Waals surface area contributed by atoms with Gasteiger partial charge in [0.2, 0.25) is 0 Å². The molecule has 0 saturated carbocycles. The fourth-order valence-corrected chi connectivity index (χ4v) is 3.96. The molecule has 0 fully saturated rings. The van der Waals surface area contributed by atoms with Gasteiger partial charge in [-0.25, -0.2) is 0 Å². The minimum absolute atomic E-state index is 0.232. The van der Waals surface area contributed by atoms with Crippen LogP contribution in [0.3, 0.4) is 0 Å². The van der Waals surface area contributed by atoms with Gasteiger partial charge in [0, 0.05) is 14.3 Å². The van der Waals surface area contributed by atoms with Crippen LogP contribution in [0.4, 0.5) is 0 Å². The lowest BCUT2D eigenvalue weighted by Gasteiger charge is -2.15. The summed E-state index contributed by atoms with van der Waals surface area (Å²) < 4.78 is 1.12. The lowest BCUT2D eigenvalue weighted by atomic mass is 9.98. The summed E-state index contributed by atoms with van der Waals surface area (Å²) in [7, 11) is 0. The Morgan fingerprint density at radius 3 is 2.29 bits per heavy atom. The average Bonchev–Trinajstić information content (AvgIpc) is 2.50. The highest BCUT2D eigenvalue weighted by atomic mass is 79.9. The third-order valence-corrected chi connectivity index (χ3v) is 5.48. The first-order chi connectivity index (χ1) is 10.2. The number of rotatable bonds is 3. The van der Waals surface area contributed by atoms with Gasteiger partial charge < -0.3 is 0 Å². The van der Waals surface area contributed by atoms with Gasteiger partial charge in [-0.3, -0.25) is 0 Å². The van der Waals surface area contributed by atoms with Crippen LogP contribution >= 0.6 is 43.5 Å². The van der Waals surface area contributed by atoms with Crippen LogP contribution in [0.5, 0.6) is 0 Å². The Labute approximate surface area is 146 Å². The zero-order chi connectivity index (χ0) is 14.8. The predicted octanol–water partition coefficient (Wildman–Crippen LogP) is 6.93. The molecule has 0 aliphatic rings. The maximum atomic E-state index is 6.27. The summed E-state index contributed by atoms with van der Waals surface area (Å²) in [5, 5.41) is 3.32. The fraction of sp³-hybridized carbons (Fsp3) is 0.111. The molecule has 1 atom stereocenters. The maximum Gasteiger partial charge on any atom is 0.0442 e. The zero-order valence-corrected chi connectivity index (χ0v) is 15.1. The van der Waals surface area contributed by atoms with Gasteiger partial charge in [-0.1, -0.05) is 92.0 Å². The van der Waals surface area contributed by atoms with E-state index in [9.17, 15) is 0 Å². The highest BCUT2D eigenvalue weighted by molar-refractivity contribution is 9.10. The minimum Gasteiger partial charge on any atom is -0.0840 e. The summed E-state index contributed by atoms with van der Waals surface area (Å²) in [5.41, 5.74) is 2.45. The molecule has 21 heavy (non-hydrogen) atoms. The van der Waals surface area contributed by atoms with Crippen LogP contribution in [0.25, 0.3) is 10.8 Å². The summed E-state index contributed by atoms with van der Waals surface area (Å²) in [6.07, 6.45) is 0.866. The molecule has 0 spiro atoms. The molecule has 0 heterocycles. The Kier molecular flexibility index (Phi) is 4.68. The molecular weight excluding hydrogens is 411 g/mol. The second kappa shape index (κ2) is 6.51. The van der Waals surface area contributed by atoms with Crippen LogP contribution in [0, 0.1) is 0 Å². The maximum absolute atomic E-state index is 6.27. The largest absolute Gasteiger partial charge is 0.0840 e. The number of fused-ring (bicyclic) bond motifs is 1. The number of hydrogen-bond donors (Lipinski definition) is 0. The summed E-state index contributed by atoms with van der Waals surface area (Å²) >= 11 is 13.7. The molecule has 3 heteroatoms. The highest BCUT2D eigenvalue weighted by Crippen LogP contribution is 2.36. The van der Waals surface area contributed by atoms with E-state index >= 15 is 0 Å². The van der Waals surface area contributed by atoms with E-state index in [-0.39, 0.29) is 4.83 Å². The standard InChI is InChI=1S/C18H13Br2Cl/c19-16-10-9-15(13-6-2-3-7-14(13)16)17(20)11-12-5-1-4-8-18(12)21/h1-10,17H,11H2. The van der Waals surface area contributed by atoms with Gasteiger partial charge in [0.25, 0.3) is 0 Å². The summed E-state index contributed by atoms with van der Waals surface area (Å²) in [6.45, 7) is 0. The van der Waals surface area contributed by atoms with Gasteiger partial charge in [-0.15, -0.1) is 0 Å². The van der Waals surface area contributed by atoms with Crippen molar-refractivity contribution in [3.05, 3.63) is 81.3 Å². The molecule has 3 aromatic carbocycles. The van der Waals surface area contributed by atoms with E-state index in [0.29, 0.717) is 0 Å². The molecule has 0 aliphatic carbocycles. The second-order valence-corrected chi connectivity index (χ2v) is 7.31. The first kappa shape index (κ1) is 15.1. The molecule has 0 amide bonds. The Balaban J connectivity index is 2.01. The Bertz CT molecular complexity index is 783. The Morgan fingerprint density at radius 2 is 1.52 bits per heavy atom.